The number of nitrogens with one attached hydrogen (secondary N) is 1. The third kappa shape index (κ3) is 2.58. The minimum Gasteiger partial charge on any atom is -0.378 e. The van der Waals surface area contributed by atoms with E-state index in [0.29, 0.717) is 11.5 Å². The van der Waals surface area contributed by atoms with Crippen molar-refractivity contribution in [2.24, 2.45) is 5.41 Å². The van der Waals surface area contributed by atoms with Crippen LogP contribution >= 0.6 is 23.5 Å². The summed E-state index contributed by atoms with van der Waals surface area (Å²) in [5.41, 5.74) is 0.501. The van der Waals surface area contributed by atoms with Gasteiger partial charge in [-0.3, -0.25) is 0 Å². The summed E-state index contributed by atoms with van der Waals surface area (Å²) in [7, 11) is 0. The van der Waals surface area contributed by atoms with Crippen molar-refractivity contribution >= 4 is 23.5 Å². The first-order valence-corrected chi connectivity index (χ1v) is 11.0. The number of hydrogen-bond acceptors (Lipinski definition) is 4. The summed E-state index contributed by atoms with van der Waals surface area (Å²) in [6.45, 7) is 3.04. The summed E-state index contributed by atoms with van der Waals surface area (Å²) in [5, 5.41) is 5.94. The Morgan fingerprint density at radius 2 is 1.95 bits per heavy atom. The summed E-state index contributed by atoms with van der Waals surface area (Å²) in [5.74, 6) is 2.74. The second-order valence-electron chi connectivity index (χ2n) is 7.27. The average molecular weight is 328 g/mol. The van der Waals surface area contributed by atoms with Crippen LogP contribution in [0.25, 0.3) is 0 Å². The largest absolute Gasteiger partial charge is 0.378 e. The minimum absolute atomic E-state index is 0.501. The summed E-state index contributed by atoms with van der Waals surface area (Å²) in [6, 6.07) is 1.52. The van der Waals surface area contributed by atoms with Gasteiger partial charge in [-0.05, 0) is 39.0 Å². The third-order valence-corrected chi connectivity index (χ3v) is 9.66. The molecule has 0 aromatic heterocycles. The van der Waals surface area contributed by atoms with Gasteiger partial charge >= 0.3 is 0 Å². The van der Waals surface area contributed by atoms with Gasteiger partial charge in [0.2, 0.25) is 0 Å². The Morgan fingerprint density at radius 1 is 1.14 bits per heavy atom. The minimum atomic E-state index is 0.501. The molecule has 0 unspecified atom stereocenters. The fourth-order valence-electron chi connectivity index (χ4n) is 5.27. The highest BCUT2D eigenvalue weighted by Gasteiger charge is 2.57. The second-order valence-corrected chi connectivity index (χ2v) is 9.90. The number of fused-ring (bicyclic) bond motifs is 1. The normalized spacial score (nSPS) is 44.7. The van der Waals surface area contributed by atoms with Gasteiger partial charge in [0, 0.05) is 46.1 Å². The molecule has 0 radical (unpaired) electrons. The van der Waals surface area contributed by atoms with E-state index < -0.39 is 0 Å². The number of rotatable bonds is 4. The van der Waals surface area contributed by atoms with E-state index in [1.165, 1.54) is 56.5 Å². The van der Waals surface area contributed by atoms with E-state index in [1.807, 2.05) is 0 Å². The molecule has 1 spiro atoms. The van der Waals surface area contributed by atoms with E-state index in [0.717, 1.165) is 29.2 Å². The summed E-state index contributed by atoms with van der Waals surface area (Å²) < 4.78 is 6.07. The Hall–Kier alpha value is 0.620. The van der Waals surface area contributed by atoms with Gasteiger partial charge in [-0.1, -0.05) is 12.8 Å². The molecule has 4 heteroatoms. The van der Waals surface area contributed by atoms with Crippen molar-refractivity contribution in [2.45, 2.75) is 80.6 Å². The molecule has 4 fully saturated rings. The first-order chi connectivity index (χ1) is 10.3. The molecule has 3 aliphatic carbocycles. The molecule has 0 bridgehead atoms. The molecule has 1 heterocycles. The van der Waals surface area contributed by atoms with Gasteiger partial charge in [-0.25, -0.2) is 0 Å². The van der Waals surface area contributed by atoms with Crippen molar-refractivity contribution in [2.75, 3.05) is 18.1 Å². The lowest BCUT2D eigenvalue weighted by molar-refractivity contribution is -0.132. The predicted molar refractivity (Wildman–Crippen MR) is 93.4 cm³/mol. The smallest absolute Gasteiger partial charge is 0.0661 e. The molecule has 4 rings (SSSR count). The number of ether oxygens (including phenoxy) is 1. The molecule has 1 N–H and O–H groups in total. The standard InChI is InChI=1S/C17H29NOS2/c1-2-19-15-11-14(17(15)7-3-4-8-17)18-12-5-6-13-16(12)21-10-9-20-13/h12-16,18H,2-11H2,1H3/t12-,13+,14+,15-,16-/m1/s1. The first kappa shape index (κ1) is 15.2. The summed E-state index contributed by atoms with van der Waals surface area (Å²) in [6.07, 6.45) is 10.3. The Morgan fingerprint density at radius 3 is 2.76 bits per heavy atom. The van der Waals surface area contributed by atoms with Crippen molar-refractivity contribution in [1.82, 2.24) is 5.32 Å². The van der Waals surface area contributed by atoms with Crippen LogP contribution in [0.4, 0.5) is 0 Å². The van der Waals surface area contributed by atoms with Crippen LogP contribution in [-0.2, 0) is 4.74 Å². The fraction of sp³-hybridized carbons (Fsp3) is 1.00. The SMILES string of the molecule is CCO[C@@H]1C[C@H](N[C@@H]2CC[C@@H]3SCCS[C@@H]32)C12CCCC2. The van der Waals surface area contributed by atoms with E-state index >= 15 is 0 Å². The topological polar surface area (TPSA) is 21.3 Å². The zero-order chi connectivity index (χ0) is 14.3. The lowest BCUT2D eigenvalue weighted by Gasteiger charge is -2.55. The van der Waals surface area contributed by atoms with Gasteiger partial charge in [-0.15, -0.1) is 0 Å². The average Bonchev–Trinajstić information content (AvgIpc) is 3.15. The predicted octanol–water partition coefficient (Wildman–Crippen LogP) is 3.69. The Labute approximate surface area is 137 Å². The van der Waals surface area contributed by atoms with Crippen LogP contribution in [0.3, 0.4) is 0 Å². The highest BCUT2D eigenvalue weighted by Crippen LogP contribution is 2.55. The van der Waals surface area contributed by atoms with E-state index in [2.05, 4.69) is 35.8 Å². The molecular formula is C17H29NOS2. The zero-order valence-corrected chi connectivity index (χ0v) is 14.8. The van der Waals surface area contributed by atoms with E-state index in [1.54, 1.807) is 0 Å². The highest BCUT2D eigenvalue weighted by molar-refractivity contribution is 8.07. The number of hydrogen-bond donors (Lipinski definition) is 1. The van der Waals surface area contributed by atoms with Gasteiger partial charge in [0.15, 0.2) is 0 Å². The maximum Gasteiger partial charge on any atom is 0.0661 e. The molecule has 3 saturated carbocycles. The highest BCUT2D eigenvalue weighted by atomic mass is 32.2. The molecule has 1 saturated heterocycles. The van der Waals surface area contributed by atoms with Crippen LogP contribution in [-0.4, -0.2) is 46.8 Å². The summed E-state index contributed by atoms with van der Waals surface area (Å²) in [4.78, 5) is 0. The van der Waals surface area contributed by atoms with Gasteiger partial charge in [0.05, 0.1) is 6.10 Å². The van der Waals surface area contributed by atoms with E-state index in [-0.39, 0.29) is 0 Å². The Kier molecular flexibility index (Phi) is 4.52. The molecule has 1 aliphatic heterocycles. The molecule has 4 aliphatic rings. The molecule has 21 heavy (non-hydrogen) atoms. The zero-order valence-electron chi connectivity index (χ0n) is 13.2. The monoisotopic (exact) mass is 327 g/mol. The molecule has 5 atom stereocenters. The van der Waals surface area contributed by atoms with E-state index in [4.69, 9.17) is 4.74 Å². The van der Waals surface area contributed by atoms with Gasteiger partial charge in [0.1, 0.15) is 0 Å². The maximum absolute atomic E-state index is 6.07. The Bertz CT molecular complexity index is 372. The van der Waals surface area contributed by atoms with Crippen molar-refractivity contribution in [3.05, 3.63) is 0 Å². The molecule has 0 aromatic rings. The fourth-order valence-corrected chi connectivity index (χ4v) is 8.57. The lowest BCUT2D eigenvalue weighted by Crippen LogP contribution is -2.65. The quantitative estimate of drug-likeness (QED) is 0.850. The molecule has 2 nitrogen and oxygen atoms in total. The molecule has 0 amide bonds. The van der Waals surface area contributed by atoms with Crippen LogP contribution in [0.1, 0.15) is 51.9 Å². The van der Waals surface area contributed by atoms with Crippen LogP contribution in [0.15, 0.2) is 0 Å². The van der Waals surface area contributed by atoms with Crippen molar-refractivity contribution < 1.29 is 4.74 Å². The molecular weight excluding hydrogens is 298 g/mol. The van der Waals surface area contributed by atoms with E-state index in [9.17, 15) is 0 Å². The van der Waals surface area contributed by atoms with Gasteiger partial charge in [0.25, 0.3) is 0 Å². The van der Waals surface area contributed by atoms with Crippen molar-refractivity contribution in [1.29, 1.82) is 0 Å². The van der Waals surface area contributed by atoms with Crippen LogP contribution in [0, 0.1) is 5.41 Å². The van der Waals surface area contributed by atoms with Crippen molar-refractivity contribution in [3.8, 4) is 0 Å². The summed E-state index contributed by atoms with van der Waals surface area (Å²) >= 11 is 4.48. The number of thioether (sulfide) groups is 2. The Balaban J connectivity index is 1.40. The van der Waals surface area contributed by atoms with Gasteiger partial charge in [-0.2, -0.15) is 23.5 Å². The molecule has 120 valence electrons. The van der Waals surface area contributed by atoms with Crippen LogP contribution < -0.4 is 5.32 Å². The lowest BCUT2D eigenvalue weighted by atomic mass is 9.60. The first-order valence-electron chi connectivity index (χ1n) is 8.94. The van der Waals surface area contributed by atoms with Crippen LogP contribution in [0.2, 0.25) is 0 Å². The third-order valence-electron chi connectivity index (χ3n) is 6.35. The van der Waals surface area contributed by atoms with Gasteiger partial charge < -0.3 is 10.1 Å². The van der Waals surface area contributed by atoms with Crippen LogP contribution in [0.5, 0.6) is 0 Å². The molecule has 0 aromatic carbocycles. The van der Waals surface area contributed by atoms with Crippen molar-refractivity contribution in [3.63, 3.8) is 0 Å². The maximum atomic E-state index is 6.07. The second kappa shape index (κ2) is 6.26.